The molecule has 0 amide bonds. The lowest BCUT2D eigenvalue weighted by atomic mass is 9.93. The molecule has 100 valence electrons. The van der Waals surface area contributed by atoms with Crippen molar-refractivity contribution in [3.05, 3.63) is 0 Å². The molecule has 2 saturated heterocycles. The maximum Gasteiger partial charge on any atom is 0.0209 e. The van der Waals surface area contributed by atoms with Gasteiger partial charge in [0.25, 0.3) is 0 Å². The van der Waals surface area contributed by atoms with Crippen LogP contribution in [0.3, 0.4) is 0 Å². The second-order valence-corrected chi connectivity index (χ2v) is 6.40. The topological polar surface area (TPSA) is 18.5 Å². The molecule has 3 nitrogen and oxygen atoms in total. The van der Waals surface area contributed by atoms with Crippen molar-refractivity contribution in [2.24, 2.45) is 5.92 Å². The fourth-order valence-corrected chi connectivity index (χ4v) is 3.58. The molecular weight excluding hydrogens is 210 g/mol. The Kier molecular flexibility index (Phi) is 4.45. The normalized spacial score (nSPS) is 36.9. The van der Waals surface area contributed by atoms with Gasteiger partial charge < -0.3 is 10.2 Å². The first-order chi connectivity index (χ1) is 8.06. The smallest absolute Gasteiger partial charge is 0.0209 e. The molecule has 0 aromatic rings. The molecule has 2 rings (SSSR count). The van der Waals surface area contributed by atoms with E-state index in [1.54, 1.807) is 0 Å². The van der Waals surface area contributed by atoms with Crippen LogP contribution in [0, 0.1) is 5.92 Å². The molecule has 3 unspecified atom stereocenters. The monoisotopic (exact) mass is 239 g/mol. The van der Waals surface area contributed by atoms with Crippen molar-refractivity contribution < 1.29 is 0 Å². The van der Waals surface area contributed by atoms with Crippen LogP contribution in [-0.4, -0.2) is 61.2 Å². The summed E-state index contributed by atoms with van der Waals surface area (Å²) in [6.07, 6.45) is 2.68. The Morgan fingerprint density at radius 3 is 2.53 bits per heavy atom. The molecule has 2 aliphatic rings. The lowest BCUT2D eigenvalue weighted by Gasteiger charge is -2.40. The summed E-state index contributed by atoms with van der Waals surface area (Å²) in [7, 11) is 2.25. The van der Waals surface area contributed by atoms with Gasteiger partial charge in [0, 0.05) is 37.8 Å². The Labute approximate surface area is 107 Å². The van der Waals surface area contributed by atoms with E-state index in [4.69, 9.17) is 0 Å². The molecule has 2 fully saturated rings. The summed E-state index contributed by atoms with van der Waals surface area (Å²) < 4.78 is 0. The quantitative estimate of drug-likeness (QED) is 0.803. The van der Waals surface area contributed by atoms with Crippen molar-refractivity contribution in [3.8, 4) is 0 Å². The molecule has 1 N–H and O–H groups in total. The summed E-state index contributed by atoms with van der Waals surface area (Å²) >= 11 is 0. The van der Waals surface area contributed by atoms with Gasteiger partial charge in [-0.1, -0.05) is 20.8 Å². The molecule has 0 bridgehead atoms. The van der Waals surface area contributed by atoms with Gasteiger partial charge in [-0.3, -0.25) is 4.90 Å². The Morgan fingerprint density at radius 1 is 1.12 bits per heavy atom. The zero-order valence-electron chi connectivity index (χ0n) is 11.9. The number of nitrogens with one attached hydrogen (secondary N) is 1. The first kappa shape index (κ1) is 13.3. The largest absolute Gasteiger partial charge is 0.310 e. The van der Waals surface area contributed by atoms with E-state index in [9.17, 15) is 0 Å². The third-order valence-electron chi connectivity index (χ3n) is 4.32. The van der Waals surface area contributed by atoms with Gasteiger partial charge in [-0.2, -0.15) is 0 Å². The predicted octanol–water partition coefficient (Wildman–Crippen LogP) is 1.40. The Bertz CT molecular complexity index is 242. The maximum absolute atomic E-state index is 3.68. The molecule has 3 atom stereocenters. The minimum absolute atomic E-state index is 0.620. The molecule has 0 saturated carbocycles. The van der Waals surface area contributed by atoms with E-state index >= 15 is 0 Å². The van der Waals surface area contributed by atoms with Crippen molar-refractivity contribution >= 4 is 0 Å². The SMILES string of the molecule is CC(C)NC1CCN(C2CCN(C)CC2C)C1. The van der Waals surface area contributed by atoms with Gasteiger partial charge in [0.05, 0.1) is 0 Å². The van der Waals surface area contributed by atoms with Crippen LogP contribution in [0.2, 0.25) is 0 Å². The van der Waals surface area contributed by atoms with Crippen LogP contribution in [0.15, 0.2) is 0 Å². The average Bonchev–Trinajstić information content (AvgIpc) is 2.65. The minimum Gasteiger partial charge on any atom is -0.310 e. The van der Waals surface area contributed by atoms with Crippen molar-refractivity contribution in [2.75, 3.05) is 33.2 Å². The molecular formula is C14H29N3. The van der Waals surface area contributed by atoms with Gasteiger partial charge in [0.2, 0.25) is 0 Å². The summed E-state index contributed by atoms with van der Waals surface area (Å²) in [5.74, 6) is 0.826. The Balaban J connectivity index is 1.83. The summed E-state index contributed by atoms with van der Waals surface area (Å²) in [4.78, 5) is 5.21. The van der Waals surface area contributed by atoms with Gasteiger partial charge in [-0.05, 0) is 32.4 Å². The lowest BCUT2D eigenvalue weighted by molar-refractivity contribution is 0.0909. The van der Waals surface area contributed by atoms with Crippen LogP contribution in [0.1, 0.15) is 33.6 Å². The molecule has 0 aromatic carbocycles. The highest BCUT2D eigenvalue weighted by atomic mass is 15.2. The number of hydrogen-bond donors (Lipinski definition) is 1. The molecule has 0 radical (unpaired) electrons. The number of nitrogens with zero attached hydrogens (tertiary/aromatic N) is 2. The van der Waals surface area contributed by atoms with Crippen LogP contribution in [0.25, 0.3) is 0 Å². The fraction of sp³-hybridized carbons (Fsp3) is 1.00. The van der Waals surface area contributed by atoms with Crippen LogP contribution in [0.4, 0.5) is 0 Å². The van der Waals surface area contributed by atoms with Gasteiger partial charge in [0.1, 0.15) is 0 Å². The molecule has 2 aliphatic heterocycles. The summed E-state index contributed by atoms with van der Waals surface area (Å²) in [6, 6.07) is 2.17. The van der Waals surface area contributed by atoms with E-state index in [0.29, 0.717) is 6.04 Å². The van der Waals surface area contributed by atoms with Crippen LogP contribution in [-0.2, 0) is 0 Å². The second kappa shape index (κ2) is 5.68. The number of piperidine rings is 1. The lowest BCUT2D eigenvalue weighted by Crippen LogP contribution is -2.49. The van der Waals surface area contributed by atoms with E-state index in [-0.39, 0.29) is 0 Å². The van der Waals surface area contributed by atoms with Gasteiger partial charge in [-0.15, -0.1) is 0 Å². The highest BCUT2D eigenvalue weighted by molar-refractivity contribution is 4.90. The summed E-state index contributed by atoms with van der Waals surface area (Å²) in [5, 5.41) is 3.68. The van der Waals surface area contributed by atoms with E-state index in [0.717, 1.165) is 18.0 Å². The maximum atomic E-state index is 3.68. The first-order valence-corrected chi connectivity index (χ1v) is 7.25. The Morgan fingerprint density at radius 2 is 1.88 bits per heavy atom. The fourth-order valence-electron chi connectivity index (χ4n) is 3.58. The van der Waals surface area contributed by atoms with Gasteiger partial charge >= 0.3 is 0 Å². The van der Waals surface area contributed by atoms with Crippen LogP contribution in [0.5, 0.6) is 0 Å². The molecule has 0 aliphatic carbocycles. The minimum atomic E-state index is 0.620. The average molecular weight is 239 g/mol. The predicted molar refractivity (Wildman–Crippen MR) is 73.3 cm³/mol. The highest BCUT2D eigenvalue weighted by Crippen LogP contribution is 2.25. The Hall–Kier alpha value is -0.120. The van der Waals surface area contributed by atoms with Crippen molar-refractivity contribution in [1.29, 1.82) is 0 Å². The molecule has 3 heteroatoms. The van der Waals surface area contributed by atoms with E-state index in [1.165, 1.54) is 39.0 Å². The van der Waals surface area contributed by atoms with Gasteiger partial charge in [-0.25, -0.2) is 0 Å². The first-order valence-electron chi connectivity index (χ1n) is 7.25. The summed E-state index contributed by atoms with van der Waals surface area (Å²) in [5.41, 5.74) is 0. The third kappa shape index (κ3) is 3.43. The zero-order chi connectivity index (χ0) is 12.4. The van der Waals surface area contributed by atoms with E-state index < -0.39 is 0 Å². The number of likely N-dealkylation sites (tertiary alicyclic amines) is 2. The highest BCUT2D eigenvalue weighted by Gasteiger charge is 2.33. The molecule has 2 heterocycles. The van der Waals surface area contributed by atoms with Crippen LogP contribution < -0.4 is 5.32 Å². The second-order valence-electron chi connectivity index (χ2n) is 6.40. The number of rotatable bonds is 3. The van der Waals surface area contributed by atoms with Crippen LogP contribution >= 0.6 is 0 Å². The summed E-state index contributed by atoms with van der Waals surface area (Å²) in [6.45, 7) is 12.0. The van der Waals surface area contributed by atoms with Crippen molar-refractivity contribution in [2.45, 2.75) is 51.7 Å². The van der Waals surface area contributed by atoms with E-state index in [2.05, 4.69) is 42.9 Å². The molecule has 0 aromatic heterocycles. The number of hydrogen-bond acceptors (Lipinski definition) is 3. The van der Waals surface area contributed by atoms with Gasteiger partial charge in [0.15, 0.2) is 0 Å². The van der Waals surface area contributed by atoms with E-state index in [1.807, 2.05) is 0 Å². The van der Waals surface area contributed by atoms with Crippen molar-refractivity contribution in [3.63, 3.8) is 0 Å². The third-order valence-corrected chi connectivity index (χ3v) is 4.32. The standard InChI is InChI=1S/C14H29N3/c1-11(2)15-13-5-8-17(10-13)14-6-7-16(4)9-12(14)3/h11-15H,5-10H2,1-4H3. The molecule has 17 heavy (non-hydrogen) atoms. The molecule has 0 spiro atoms. The van der Waals surface area contributed by atoms with Crippen molar-refractivity contribution in [1.82, 2.24) is 15.1 Å². The zero-order valence-corrected chi connectivity index (χ0v) is 11.9.